The van der Waals surface area contributed by atoms with E-state index in [2.05, 4.69) is 6.58 Å². The standard InChI is InChI=1S/C14H17FO/c1-5-6-7-12(4)16-14-10(2)8-13(15)9-11(14)3/h6-9H,4-5H2,1-3H3/b7-6-. The van der Waals surface area contributed by atoms with Gasteiger partial charge in [-0.05, 0) is 49.6 Å². The minimum atomic E-state index is -0.239. The molecule has 0 saturated heterocycles. The van der Waals surface area contributed by atoms with Gasteiger partial charge in [0.15, 0.2) is 0 Å². The maximum Gasteiger partial charge on any atom is 0.133 e. The van der Waals surface area contributed by atoms with Crippen LogP contribution in [-0.4, -0.2) is 0 Å². The van der Waals surface area contributed by atoms with Crippen molar-refractivity contribution in [1.29, 1.82) is 0 Å². The first-order valence-corrected chi connectivity index (χ1v) is 5.34. The summed E-state index contributed by atoms with van der Waals surface area (Å²) in [5.41, 5.74) is 1.56. The zero-order valence-corrected chi connectivity index (χ0v) is 10.0. The van der Waals surface area contributed by atoms with Crippen molar-refractivity contribution >= 4 is 0 Å². The number of halogens is 1. The van der Waals surface area contributed by atoms with E-state index >= 15 is 0 Å². The second kappa shape index (κ2) is 5.50. The highest BCUT2D eigenvalue weighted by atomic mass is 19.1. The van der Waals surface area contributed by atoms with Gasteiger partial charge in [0.2, 0.25) is 0 Å². The number of aryl methyl sites for hydroxylation is 2. The summed E-state index contributed by atoms with van der Waals surface area (Å²) in [4.78, 5) is 0. The maximum absolute atomic E-state index is 13.1. The first-order chi connectivity index (χ1) is 7.54. The summed E-state index contributed by atoms with van der Waals surface area (Å²) < 4.78 is 18.6. The molecule has 0 amide bonds. The van der Waals surface area contributed by atoms with Crippen LogP contribution < -0.4 is 4.74 Å². The van der Waals surface area contributed by atoms with Gasteiger partial charge in [0.05, 0.1) is 0 Å². The van der Waals surface area contributed by atoms with Gasteiger partial charge >= 0.3 is 0 Å². The van der Waals surface area contributed by atoms with Crippen molar-refractivity contribution in [2.75, 3.05) is 0 Å². The molecule has 0 bridgehead atoms. The van der Waals surface area contributed by atoms with Crippen LogP contribution in [0.2, 0.25) is 0 Å². The molecule has 86 valence electrons. The van der Waals surface area contributed by atoms with Gasteiger partial charge in [-0.1, -0.05) is 19.6 Å². The van der Waals surface area contributed by atoms with Crippen molar-refractivity contribution in [3.8, 4) is 5.75 Å². The van der Waals surface area contributed by atoms with Gasteiger partial charge in [0.25, 0.3) is 0 Å². The van der Waals surface area contributed by atoms with Crippen molar-refractivity contribution in [1.82, 2.24) is 0 Å². The largest absolute Gasteiger partial charge is 0.457 e. The number of hydrogen-bond acceptors (Lipinski definition) is 1. The summed E-state index contributed by atoms with van der Waals surface area (Å²) in [5, 5.41) is 0. The Morgan fingerprint density at radius 1 is 1.38 bits per heavy atom. The lowest BCUT2D eigenvalue weighted by Crippen LogP contribution is -1.96. The SMILES string of the molecule is C=C(/C=C\CC)Oc1c(C)cc(F)cc1C. The van der Waals surface area contributed by atoms with Gasteiger partial charge in [-0.15, -0.1) is 0 Å². The van der Waals surface area contributed by atoms with E-state index in [4.69, 9.17) is 4.74 Å². The molecule has 0 atom stereocenters. The number of benzene rings is 1. The predicted molar refractivity (Wildman–Crippen MR) is 65.1 cm³/mol. The molecule has 0 aromatic heterocycles. The van der Waals surface area contributed by atoms with E-state index in [9.17, 15) is 4.39 Å². The lowest BCUT2D eigenvalue weighted by Gasteiger charge is -2.11. The summed E-state index contributed by atoms with van der Waals surface area (Å²) in [6.07, 6.45) is 4.72. The summed E-state index contributed by atoms with van der Waals surface area (Å²) in [6.45, 7) is 9.47. The summed E-state index contributed by atoms with van der Waals surface area (Å²) in [5.74, 6) is 1.02. The van der Waals surface area contributed by atoms with Gasteiger partial charge in [-0.2, -0.15) is 0 Å². The number of allylic oxidation sites excluding steroid dienone is 2. The van der Waals surface area contributed by atoms with E-state index in [0.29, 0.717) is 11.5 Å². The first-order valence-electron chi connectivity index (χ1n) is 5.34. The van der Waals surface area contributed by atoms with E-state index in [1.165, 1.54) is 12.1 Å². The molecule has 1 rings (SSSR count). The quantitative estimate of drug-likeness (QED) is 0.543. The zero-order chi connectivity index (χ0) is 12.1. The van der Waals surface area contributed by atoms with Crippen LogP contribution in [0.1, 0.15) is 24.5 Å². The normalized spacial score (nSPS) is 10.8. The summed E-state index contributed by atoms with van der Waals surface area (Å²) >= 11 is 0. The lowest BCUT2D eigenvalue weighted by molar-refractivity contribution is 0.438. The third-order valence-electron chi connectivity index (χ3n) is 2.20. The van der Waals surface area contributed by atoms with Crippen molar-refractivity contribution in [3.05, 3.63) is 53.6 Å². The Labute approximate surface area is 96.3 Å². The van der Waals surface area contributed by atoms with E-state index < -0.39 is 0 Å². The van der Waals surface area contributed by atoms with Gasteiger partial charge in [-0.3, -0.25) is 0 Å². The Morgan fingerprint density at radius 2 is 1.94 bits per heavy atom. The lowest BCUT2D eigenvalue weighted by atomic mass is 10.1. The maximum atomic E-state index is 13.1. The molecule has 0 fully saturated rings. The van der Waals surface area contributed by atoms with Crippen molar-refractivity contribution in [2.24, 2.45) is 0 Å². The van der Waals surface area contributed by atoms with Crippen LogP contribution in [0.5, 0.6) is 5.75 Å². The topological polar surface area (TPSA) is 9.23 Å². The van der Waals surface area contributed by atoms with Crippen LogP contribution >= 0.6 is 0 Å². The van der Waals surface area contributed by atoms with Crippen molar-refractivity contribution in [2.45, 2.75) is 27.2 Å². The fourth-order valence-corrected chi connectivity index (χ4v) is 1.47. The molecule has 0 spiro atoms. The van der Waals surface area contributed by atoms with Crippen molar-refractivity contribution < 1.29 is 9.13 Å². The fourth-order valence-electron chi connectivity index (χ4n) is 1.47. The highest BCUT2D eigenvalue weighted by Gasteiger charge is 2.06. The molecule has 0 N–H and O–H groups in total. The van der Waals surface area contributed by atoms with E-state index in [-0.39, 0.29) is 5.82 Å². The number of hydrogen-bond donors (Lipinski definition) is 0. The van der Waals surface area contributed by atoms with Gasteiger partial charge in [-0.25, -0.2) is 4.39 Å². The molecule has 1 aromatic rings. The zero-order valence-electron chi connectivity index (χ0n) is 10.0. The average Bonchev–Trinajstić information content (AvgIpc) is 2.20. The second-order valence-electron chi connectivity index (χ2n) is 3.75. The fraction of sp³-hybridized carbons (Fsp3) is 0.286. The molecule has 1 nitrogen and oxygen atoms in total. The van der Waals surface area contributed by atoms with Crippen LogP contribution in [0.25, 0.3) is 0 Å². The van der Waals surface area contributed by atoms with Crippen molar-refractivity contribution in [3.63, 3.8) is 0 Å². The minimum Gasteiger partial charge on any atom is -0.457 e. The molecule has 0 heterocycles. The molecule has 0 aliphatic rings. The molecular weight excluding hydrogens is 203 g/mol. The molecule has 1 aromatic carbocycles. The van der Waals surface area contributed by atoms with E-state index in [0.717, 1.165) is 17.5 Å². The molecule has 0 radical (unpaired) electrons. The third kappa shape index (κ3) is 3.23. The number of ether oxygens (including phenoxy) is 1. The Morgan fingerprint density at radius 3 is 2.44 bits per heavy atom. The highest BCUT2D eigenvalue weighted by Crippen LogP contribution is 2.25. The smallest absolute Gasteiger partial charge is 0.133 e. The third-order valence-corrected chi connectivity index (χ3v) is 2.20. The number of rotatable bonds is 4. The molecule has 16 heavy (non-hydrogen) atoms. The van der Waals surface area contributed by atoms with Crippen LogP contribution in [0.3, 0.4) is 0 Å². The first kappa shape index (κ1) is 12.5. The molecule has 0 aliphatic heterocycles. The van der Waals surface area contributed by atoms with Gasteiger partial charge < -0.3 is 4.74 Å². The molecule has 2 heteroatoms. The molecule has 0 saturated carbocycles. The Bertz CT molecular complexity index is 396. The monoisotopic (exact) mass is 220 g/mol. The second-order valence-corrected chi connectivity index (χ2v) is 3.75. The van der Waals surface area contributed by atoms with E-state index in [1.807, 2.05) is 32.9 Å². The summed E-state index contributed by atoms with van der Waals surface area (Å²) in [7, 11) is 0. The predicted octanol–water partition coefficient (Wildman–Crippen LogP) is 4.30. The van der Waals surface area contributed by atoms with Gasteiger partial charge in [0.1, 0.15) is 17.3 Å². The molecule has 0 aliphatic carbocycles. The van der Waals surface area contributed by atoms with Crippen LogP contribution in [0.15, 0.2) is 36.6 Å². The molecular formula is C14H17FO. The Kier molecular flexibility index (Phi) is 4.29. The van der Waals surface area contributed by atoms with E-state index in [1.54, 1.807) is 0 Å². The van der Waals surface area contributed by atoms with Crippen LogP contribution in [0.4, 0.5) is 4.39 Å². The van der Waals surface area contributed by atoms with Crippen LogP contribution in [-0.2, 0) is 0 Å². The molecule has 0 unspecified atom stereocenters. The minimum absolute atomic E-state index is 0.239. The Balaban J connectivity index is 2.89. The average molecular weight is 220 g/mol. The van der Waals surface area contributed by atoms with Crippen LogP contribution in [0, 0.1) is 19.7 Å². The van der Waals surface area contributed by atoms with Gasteiger partial charge in [0, 0.05) is 0 Å². The summed E-state index contributed by atoms with van der Waals surface area (Å²) in [6, 6.07) is 2.91. The Hall–Kier alpha value is -1.57. The highest BCUT2D eigenvalue weighted by molar-refractivity contribution is 5.42.